The van der Waals surface area contributed by atoms with E-state index in [-0.39, 0.29) is 5.75 Å². The lowest BCUT2D eigenvalue weighted by Crippen LogP contribution is -2.38. The van der Waals surface area contributed by atoms with Crippen LogP contribution >= 0.6 is 11.6 Å². The summed E-state index contributed by atoms with van der Waals surface area (Å²) in [4.78, 5) is 2.45. The number of rotatable bonds is 2. The highest BCUT2D eigenvalue weighted by atomic mass is 35.5. The first kappa shape index (κ1) is 13.3. The maximum absolute atomic E-state index is 9.97. The van der Waals surface area contributed by atoms with Crippen LogP contribution in [0.4, 0.5) is 0 Å². The number of aromatic hydroxyl groups is 1. The van der Waals surface area contributed by atoms with E-state index < -0.39 is 0 Å². The maximum Gasteiger partial charge on any atom is 0.138 e. The van der Waals surface area contributed by atoms with Crippen molar-refractivity contribution in [2.24, 2.45) is 5.41 Å². The zero-order chi connectivity index (χ0) is 13.3. The van der Waals surface area contributed by atoms with Crippen LogP contribution in [0.25, 0.3) is 0 Å². The molecule has 1 saturated heterocycles. The van der Waals surface area contributed by atoms with Gasteiger partial charge in [0.2, 0.25) is 0 Å². The Morgan fingerprint density at radius 2 is 1.79 bits per heavy atom. The van der Waals surface area contributed by atoms with Crippen LogP contribution < -0.4 is 0 Å². The fraction of sp³-hybridized carbons (Fsp3) is 0.625. The second-order valence-electron chi connectivity index (χ2n) is 6.23. The SMILES string of the molecule is Oc1c(Cl)cccc1CN1CCC2(CCCC2)CC1. The molecule has 1 aromatic carbocycles. The fourth-order valence-electron chi connectivity index (χ4n) is 3.74. The molecule has 0 radical (unpaired) electrons. The van der Waals surface area contributed by atoms with E-state index in [0.717, 1.165) is 25.2 Å². The number of benzene rings is 1. The Morgan fingerprint density at radius 3 is 2.47 bits per heavy atom. The van der Waals surface area contributed by atoms with Crippen LogP contribution in [0.15, 0.2) is 18.2 Å². The average molecular weight is 280 g/mol. The average Bonchev–Trinajstić information content (AvgIpc) is 2.86. The third kappa shape index (κ3) is 2.75. The van der Waals surface area contributed by atoms with E-state index in [2.05, 4.69) is 4.90 Å². The van der Waals surface area contributed by atoms with E-state index in [0.29, 0.717) is 10.4 Å². The first-order valence-corrected chi connectivity index (χ1v) is 7.75. The molecule has 2 fully saturated rings. The first-order chi connectivity index (χ1) is 9.19. The lowest BCUT2D eigenvalue weighted by Gasteiger charge is -2.39. The predicted octanol–water partition coefficient (Wildman–Crippen LogP) is 4.20. The topological polar surface area (TPSA) is 23.5 Å². The predicted molar refractivity (Wildman–Crippen MR) is 78.5 cm³/mol. The van der Waals surface area contributed by atoms with Crippen molar-refractivity contribution >= 4 is 11.6 Å². The van der Waals surface area contributed by atoms with Gasteiger partial charge in [0.1, 0.15) is 5.75 Å². The number of piperidine rings is 1. The van der Waals surface area contributed by atoms with Gasteiger partial charge in [-0.15, -0.1) is 0 Å². The summed E-state index contributed by atoms with van der Waals surface area (Å²) < 4.78 is 0. The number of halogens is 1. The van der Waals surface area contributed by atoms with E-state index in [1.807, 2.05) is 12.1 Å². The second-order valence-corrected chi connectivity index (χ2v) is 6.64. The highest BCUT2D eigenvalue weighted by Gasteiger charge is 2.36. The van der Waals surface area contributed by atoms with Crippen molar-refractivity contribution in [2.45, 2.75) is 45.1 Å². The van der Waals surface area contributed by atoms with Crippen LogP contribution in [0.2, 0.25) is 5.02 Å². The molecular weight excluding hydrogens is 258 g/mol. The number of hydrogen-bond donors (Lipinski definition) is 1. The molecule has 1 aliphatic heterocycles. The van der Waals surface area contributed by atoms with Gasteiger partial charge >= 0.3 is 0 Å². The van der Waals surface area contributed by atoms with Crippen molar-refractivity contribution < 1.29 is 5.11 Å². The number of phenols is 1. The Hall–Kier alpha value is -0.730. The fourth-order valence-corrected chi connectivity index (χ4v) is 3.93. The first-order valence-electron chi connectivity index (χ1n) is 7.37. The van der Waals surface area contributed by atoms with Crippen LogP contribution in [0.1, 0.15) is 44.1 Å². The van der Waals surface area contributed by atoms with Gasteiger partial charge in [-0.1, -0.05) is 36.6 Å². The van der Waals surface area contributed by atoms with Gasteiger partial charge in [-0.25, -0.2) is 0 Å². The smallest absolute Gasteiger partial charge is 0.138 e. The summed E-state index contributed by atoms with van der Waals surface area (Å²) in [6.07, 6.45) is 8.37. The van der Waals surface area contributed by atoms with Crippen LogP contribution in [0.3, 0.4) is 0 Å². The summed E-state index contributed by atoms with van der Waals surface area (Å²) in [5, 5.41) is 10.4. The largest absolute Gasteiger partial charge is 0.506 e. The van der Waals surface area contributed by atoms with Crippen LogP contribution in [0.5, 0.6) is 5.75 Å². The summed E-state index contributed by atoms with van der Waals surface area (Å²) >= 11 is 5.96. The highest BCUT2D eigenvalue weighted by molar-refractivity contribution is 6.32. The van der Waals surface area contributed by atoms with Gasteiger partial charge in [0, 0.05) is 12.1 Å². The molecule has 0 aromatic heterocycles. The summed E-state index contributed by atoms with van der Waals surface area (Å²) in [7, 11) is 0. The molecule has 1 N–H and O–H groups in total. The van der Waals surface area contributed by atoms with Crippen molar-refractivity contribution in [1.29, 1.82) is 0 Å². The molecule has 1 spiro atoms. The Bertz CT molecular complexity index is 444. The Kier molecular flexibility index (Phi) is 3.72. The number of hydrogen-bond acceptors (Lipinski definition) is 2. The van der Waals surface area contributed by atoms with Gasteiger partial charge in [-0.05, 0) is 50.3 Å². The normalized spacial score (nSPS) is 23.0. The molecule has 3 rings (SSSR count). The number of phenolic OH excluding ortho intramolecular Hbond substituents is 1. The minimum absolute atomic E-state index is 0.255. The monoisotopic (exact) mass is 279 g/mol. The minimum Gasteiger partial charge on any atom is -0.506 e. The number of likely N-dealkylation sites (tertiary alicyclic amines) is 1. The molecule has 1 aromatic rings. The van der Waals surface area contributed by atoms with Gasteiger partial charge in [-0.3, -0.25) is 4.90 Å². The van der Waals surface area contributed by atoms with Crippen molar-refractivity contribution in [3.63, 3.8) is 0 Å². The summed E-state index contributed by atoms with van der Waals surface area (Å²) in [5.74, 6) is 0.255. The molecule has 1 saturated carbocycles. The Balaban J connectivity index is 1.61. The molecule has 0 atom stereocenters. The quantitative estimate of drug-likeness (QED) is 0.877. The van der Waals surface area contributed by atoms with Crippen LogP contribution in [-0.4, -0.2) is 23.1 Å². The van der Waals surface area contributed by atoms with Crippen molar-refractivity contribution in [2.75, 3.05) is 13.1 Å². The van der Waals surface area contributed by atoms with Gasteiger partial charge in [0.15, 0.2) is 0 Å². The third-order valence-corrected chi connectivity index (χ3v) is 5.35. The highest BCUT2D eigenvalue weighted by Crippen LogP contribution is 2.46. The molecule has 0 unspecified atom stereocenters. The van der Waals surface area contributed by atoms with Crippen molar-refractivity contribution in [1.82, 2.24) is 4.90 Å². The summed E-state index contributed by atoms with van der Waals surface area (Å²) in [6, 6.07) is 5.63. The molecule has 0 bridgehead atoms. The molecule has 104 valence electrons. The summed E-state index contributed by atoms with van der Waals surface area (Å²) in [6.45, 7) is 3.14. The van der Waals surface area contributed by atoms with Crippen LogP contribution in [0, 0.1) is 5.41 Å². The molecular formula is C16H22ClNO. The Morgan fingerprint density at radius 1 is 1.11 bits per heavy atom. The maximum atomic E-state index is 9.97. The molecule has 1 heterocycles. The molecule has 0 amide bonds. The molecule has 3 heteroatoms. The van der Waals surface area contributed by atoms with Gasteiger partial charge < -0.3 is 5.11 Å². The molecule has 2 aliphatic rings. The number of para-hydroxylation sites is 1. The molecule has 2 nitrogen and oxygen atoms in total. The van der Waals surface area contributed by atoms with Gasteiger partial charge in [0.05, 0.1) is 5.02 Å². The van der Waals surface area contributed by atoms with E-state index in [4.69, 9.17) is 11.6 Å². The Labute approximate surface area is 120 Å². The number of nitrogens with zero attached hydrogens (tertiary/aromatic N) is 1. The van der Waals surface area contributed by atoms with Crippen LogP contribution in [-0.2, 0) is 6.54 Å². The zero-order valence-electron chi connectivity index (χ0n) is 11.4. The van der Waals surface area contributed by atoms with Crippen molar-refractivity contribution in [3.05, 3.63) is 28.8 Å². The molecule has 1 aliphatic carbocycles. The van der Waals surface area contributed by atoms with E-state index in [9.17, 15) is 5.11 Å². The zero-order valence-corrected chi connectivity index (χ0v) is 12.1. The van der Waals surface area contributed by atoms with Gasteiger partial charge in [-0.2, -0.15) is 0 Å². The standard InChI is InChI=1S/C16H22ClNO/c17-14-5-3-4-13(15(14)19)12-18-10-8-16(9-11-18)6-1-2-7-16/h3-5,19H,1-2,6-12H2. The minimum atomic E-state index is 0.255. The lowest BCUT2D eigenvalue weighted by molar-refractivity contribution is 0.103. The lowest BCUT2D eigenvalue weighted by atomic mass is 9.77. The third-order valence-electron chi connectivity index (χ3n) is 5.05. The summed E-state index contributed by atoms with van der Waals surface area (Å²) in [5.41, 5.74) is 1.61. The van der Waals surface area contributed by atoms with E-state index in [1.165, 1.54) is 38.5 Å². The van der Waals surface area contributed by atoms with E-state index >= 15 is 0 Å². The van der Waals surface area contributed by atoms with Gasteiger partial charge in [0.25, 0.3) is 0 Å². The van der Waals surface area contributed by atoms with Crippen molar-refractivity contribution in [3.8, 4) is 5.75 Å². The van der Waals surface area contributed by atoms with E-state index in [1.54, 1.807) is 6.07 Å². The molecule has 19 heavy (non-hydrogen) atoms. The second kappa shape index (κ2) is 5.34.